The van der Waals surface area contributed by atoms with E-state index in [1.165, 1.54) is 44.3 Å². The zero-order valence-corrected chi connectivity index (χ0v) is 41.1. The van der Waals surface area contributed by atoms with Gasteiger partial charge in [0.15, 0.2) is 5.58 Å². The minimum atomic E-state index is -0.0772. The van der Waals surface area contributed by atoms with Crippen LogP contribution in [0.25, 0.3) is 27.5 Å². The molecule has 8 aromatic carbocycles. The summed E-state index contributed by atoms with van der Waals surface area (Å²) in [4.78, 5) is 7.44. The number of nitrogens with zero attached hydrogens (tertiary/aromatic N) is 3. The molecule has 11 rings (SSSR count). The van der Waals surface area contributed by atoms with Crippen molar-refractivity contribution in [1.29, 1.82) is 0 Å². The molecule has 0 atom stereocenters. The van der Waals surface area contributed by atoms with Crippen molar-refractivity contribution in [2.24, 2.45) is 0 Å². The Morgan fingerprint density at radius 1 is 0.551 bits per heavy atom. The lowest BCUT2D eigenvalue weighted by molar-refractivity contribution is 0.590. The number of hydrogen-bond donors (Lipinski definition) is 0. The van der Waals surface area contributed by atoms with Gasteiger partial charge in [0, 0.05) is 50.5 Å². The van der Waals surface area contributed by atoms with Crippen LogP contribution in [0.5, 0.6) is 0 Å². The van der Waals surface area contributed by atoms with Gasteiger partial charge in [0.1, 0.15) is 5.58 Å². The zero-order chi connectivity index (χ0) is 47.9. The predicted octanol–water partition coefficient (Wildman–Crippen LogP) is 16.1. The molecular weight excluding hydrogens is 838 g/mol. The summed E-state index contributed by atoms with van der Waals surface area (Å²) in [7, 11) is 0. The molecule has 0 radical (unpaired) electrons. The van der Waals surface area contributed by atoms with Crippen LogP contribution < -0.4 is 31.1 Å². The fraction of sp³-hybridized carbons (Fsp3) is 0.156. The standard InChI is InChI=1S/C64H58BN3O/c1-11-18-43(12-2)49-19-13-15-22-54(49)68-56-36-30-45(64(8,9)10)38-53(56)65-52-37-42(4)27-35-55(52)67(47-31-25-41(3)26-32-47)58-39-48(40-59(68)61(58)65)66(46-33-28-44(29-34-46)63(5,6)7)57-23-17-21-51-50-20-14-16-24-60(50)69-62(51)57/h11-40H,1-2H2,3-10H3/b43-18+. The number of para-hydroxylation sites is 3. The van der Waals surface area contributed by atoms with Gasteiger partial charge in [-0.25, -0.2) is 0 Å². The Morgan fingerprint density at radius 3 is 1.90 bits per heavy atom. The SMILES string of the molecule is C=C/C=C(\C=C)c1ccccc1N1c2ccc(C(C)(C)C)cc2B2c3cc(C)ccc3N(c3ccc(C)cc3)c3cc(N(c4ccc(C(C)(C)C)cc4)c4cccc5c4oc4ccccc45)cc1c32. The van der Waals surface area contributed by atoms with E-state index in [0.29, 0.717) is 0 Å². The molecule has 1 aromatic heterocycles. The number of rotatable bonds is 8. The van der Waals surface area contributed by atoms with Crippen molar-refractivity contribution in [3.63, 3.8) is 0 Å². The van der Waals surface area contributed by atoms with Crippen LogP contribution >= 0.6 is 0 Å². The number of aryl methyl sites for hydroxylation is 2. The van der Waals surface area contributed by atoms with E-state index >= 15 is 0 Å². The molecule has 4 nitrogen and oxygen atoms in total. The van der Waals surface area contributed by atoms with Crippen molar-refractivity contribution in [2.45, 2.75) is 66.2 Å². The van der Waals surface area contributed by atoms with Gasteiger partial charge in [-0.2, -0.15) is 0 Å². The van der Waals surface area contributed by atoms with E-state index in [2.05, 4.69) is 247 Å². The van der Waals surface area contributed by atoms with Crippen LogP contribution in [0.3, 0.4) is 0 Å². The largest absolute Gasteiger partial charge is 0.454 e. The van der Waals surface area contributed by atoms with Gasteiger partial charge in [-0.3, -0.25) is 0 Å². The first-order chi connectivity index (χ1) is 33.2. The van der Waals surface area contributed by atoms with Crippen molar-refractivity contribution in [3.8, 4) is 0 Å². The number of benzene rings is 8. The first-order valence-electron chi connectivity index (χ1n) is 24.2. The number of fused-ring (bicyclic) bond motifs is 7. The first kappa shape index (κ1) is 43.8. The minimum absolute atomic E-state index is 0.0220. The summed E-state index contributed by atoms with van der Waals surface area (Å²) in [5.74, 6) is 0. The fourth-order valence-corrected chi connectivity index (χ4v) is 10.7. The van der Waals surface area contributed by atoms with Gasteiger partial charge in [-0.05, 0) is 124 Å². The van der Waals surface area contributed by atoms with Crippen LogP contribution in [0.1, 0.15) is 69.4 Å². The molecule has 0 fully saturated rings. The average molecular weight is 896 g/mol. The van der Waals surface area contributed by atoms with E-state index in [1.54, 1.807) is 0 Å². The highest BCUT2D eigenvalue weighted by Crippen LogP contribution is 2.51. The molecule has 9 aromatic rings. The number of anilines is 9. The Hall–Kier alpha value is -7.76. The topological polar surface area (TPSA) is 22.9 Å². The van der Waals surface area contributed by atoms with Crippen LogP contribution in [0.15, 0.2) is 200 Å². The maximum Gasteiger partial charge on any atom is 0.252 e. The van der Waals surface area contributed by atoms with Crippen LogP contribution in [0.4, 0.5) is 51.2 Å². The number of furan rings is 1. The summed E-state index contributed by atoms with van der Waals surface area (Å²) in [6.45, 7) is 26.5. The Kier molecular flexibility index (Phi) is 10.5. The quantitative estimate of drug-likeness (QED) is 0.112. The summed E-state index contributed by atoms with van der Waals surface area (Å²) in [6.07, 6.45) is 5.85. The van der Waals surface area contributed by atoms with Gasteiger partial charge < -0.3 is 19.1 Å². The summed E-state index contributed by atoms with van der Waals surface area (Å²) in [5.41, 5.74) is 22.2. The molecule has 2 aliphatic heterocycles. The third-order valence-corrected chi connectivity index (χ3v) is 14.2. The molecule has 5 heteroatoms. The van der Waals surface area contributed by atoms with Crippen molar-refractivity contribution < 1.29 is 4.42 Å². The minimum Gasteiger partial charge on any atom is -0.454 e. The predicted molar refractivity (Wildman–Crippen MR) is 298 cm³/mol. The van der Waals surface area contributed by atoms with E-state index in [1.807, 2.05) is 18.2 Å². The fourth-order valence-electron chi connectivity index (χ4n) is 10.7. The van der Waals surface area contributed by atoms with E-state index in [9.17, 15) is 0 Å². The Balaban J connectivity index is 1.30. The van der Waals surface area contributed by atoms with Crippen molar-refractivity contribution >= 4 is 102 Å². The van der Waals surface area contributed by atoms with Crippen molar-refractivity contribution in [2.75, 3.05) is 14.7 Å². The molecule has 0 bridgehead atoms. The summed E-state index contributed by atoms with van der Waals surface area (Å²) < 4.78 is 6.91. The van der Waals surface area contributed by atoms with Crippen molar-refractivity contribution in [1.82, 2.24) is 0 Å². The van der Waals surface area contributed by atoms with E-state index < -0.39 is 0 Å². The molecule has 3 heterocycles. The van der Waals surface area contributed by atoms with Crippen molar-refractivity contribution in [3.05, 3.63) is 223 Å². The third kappa shape index (κ3) is 7.31. The van der Waals surface area contributed by atoms with E-state index in [-0.39, 0.29) is 17.5 Å². The monoisotopic (exact) mass is 895 g/mol. The Labute approximate surface area is 408 Å². The molecule has 0 amide bonds. The second-order valence-electron chi connectivity index (χ2n) is 20.9. The summed E-state index contributed by atoms with van der Waals surface area (Å²) >= 11 is 0. The highest BCUT2D eigenvalue weighted by Gasteiger charge is 2.45. The number of allylic oxidation sites excluding steroid dienone is 4. The van der Waals surface area contributed by atoms with Gasteiger partial charge in [0.25, 0.3) is 6.71 Å². The van der Waals surface area contributed by atoms with Gasteiger partial charge in [0.05, 0.1) is 17.1 Å². The maximum atomic E-state index is 6.91. The lowest BCUT2D eigenvalue weighted by Gasteiger charge is -2.45. The normalized spacial score (nSPS) is 13.3. The third-order valence-electron chi connectivity index (χ3n) is 14.2. The molecular formula is C64H58BN3O. The van der Waals surface area contributed by atoms with Gasteiger partial charge in [-0.1, -0.05) is 181 Å². The van der Waals surface area contributed by atoms with Crippen LogP contribution in [-0.2, 0) is 10.8 Å². The second-order valence-corrected chi connectivity index (χ2v) is 20.9. The molecule has 338 valence electrons. The molecule has 0 spiro atoms. The van der Waals surface area contributed by atoms with Gasteiger partial charge in [0.2, 0.25) is 0 Å². The zero-order valence-electron chi connectivity index (χ0n) is 41.1. The summed E-state index contributed by atoms with van der Waals surface area (Å²) in [5, 5.41) is 2.17. The lowest BCUT2D eigenvalue weighted by atomic mass is 9.33. The molecule has 2 aliphatic rings. The Bertz CT molecular complexity index is 3540. The van der Waals surface area contributed by atoms with Crippen LogP contribution in [-0.4, -0.2) is 6.71 Å². The molecule has 0 aliphatic carbocycles. The highest BCUT2D eigenvalue weighted by molar-refractivity contribution is 7.00. The molecule has 69 heavy (non-hydrogen) atoms. The van der Waals surface area contributed by atoms with Gasteiger partial charge >= 0.3 is 0 Å². The first-order valence-corrected chi connectivity index (χ1v) is 24.2. The van der Waals surface area contributed by atoms with E-state index in [0.717, 1.165) is 78.6 Å². The lowest BCUT2D eigenvalue weighted by Crippen LogP contribution is -2.61. The maximum absolute atomic E-state index is 6.91. The highest BCUT2D eigenvalue weighted by atomic mass is 16.3. The average Bonchev–Trinajstić information content (AvgIpc) is 3.73. The van der Waals surface area contributed by atoms with Gasteiger partial charge in [-0.15, -0.1) is 0 Å². The molecule has 0 N–H and O–H groups in total. The molecule has 0 unspecified atom stereocenters. The molecule has 0 saturated heterocycles. The smallest absolute Gasteiger partial charge is 0.252 e. The molecule has 0 saturated carbocycles. The second kappa shape index (κ2) is 16.5. The van der Waals surface area contributed by atoms with E-state index in [4.69, 9.17) is 4.42 Å². The summed E-state index contributed by atoms with van der Waals surface area (Å²) in [6, 6.07) is 60.9. The number of hydrogen-bond acceptors (Lipinski definition) is 4. The Morgan fingerprint density at radius 2 is 1.17 bits per heavy atom. The van der Waals surface area contributed by atoms with Crippen LogP contribution in [0, 0.1) is 13.8 Å². The van der Waals surface area contributed by atoms with Crippen LogP contribution in [0.2, 0.25) is 0 Å².